The summed E-state index contributed by atoms with van der Waals surface area (Å²) in [5.41, 5.74) is 0.685. The van der Waals surface area contributed by atoms with E-state index in [1.165, 1.54) is 0 Å². The van der Waals surface area contributed by atoms with Crippen molar-refractivity contribution in [3.63, 3.8) is 0 Å². The minimum Gasteiger partial charge on any atom is -0.490 e. The maximum atomic E-state index is 6.12. The van der Waals surface area contributed by atoms with Crippen LogP contribution in [0.4, 0.5) is 5.82 Å². The van der Waals surface area contributed by atoms with E-state index in [0.29, 0.717) is 29.7 Å². The van der Waals surface area contributed by atoms with Crippen LogP contribution in [-0.2, 0) is 6.61 Å². The number of pyridine rings is 1. The second-order valence-corrected chi connectivity index (χ2v) is 4.45. The highest BCUT2D eigenvalue weighted by atomic mass is 35.5. The fourth-order valence-corrected chi connectivity index (χ4v) is 1.87. The van der Waals surface area contributed by atoms with Crippen molar-refractivity contribution < 1.29 is 9.47 Å². The van der Waals surface area contributed by atoms with E-state index in [2.05, 4.69) is 10.3 Å². The van der Waals surface area contributed by atoms with Crippen molar-refractivity contribution >= 4 is 17.4 Å². The quantitative estimate of drug-likeness (QED) is 0.880. The molecular weight excluding hydrogens is 276 g/mol. The molecule has 4 nitrogen and oxygen atoms in total. The third-order valence-corrected chi connectivity index (χ3v) is 3.03. The summed E-state index contributed by atoms with van der Waals surface area (Å²) < 4.78 is 11.3. The van der Waals surface area contributed by atoms with Crippen LogP contribution in [0, 0.1) is 0 Å². The molecule has 0 saturated heterocycles. The first-order valence-electron chi connectivity index (χ1n) is 6.42. The van der Waals surface area contributed by atoms with Crippen LogP contribution in [-0.4, -0.2) is 18.6 Å². The fraction of sp³-hybridized carbons (Fsp3) is 0.267. The maximum absolute atomic E-state index is 6.12. The zero-order valence-corrected chi connectivity index (χ0v) is 12.3. The Bertz CT molecular complexity index is 576. The molecule has 0 unspecified atom stereocenters. The number of nitrogens with one attached hydrogen (secondary N) is 1. The minimum absolute atomic E-state index is 0.290. The van der Waals surface area contributed by atoms with E-state index in [0.717, 1.165) is 11.6 Å². The molecule has 1 aromatic carbocycles. The molecule has 0 radical (unpaired) electrons. The number of rotatable bonds is 6. The lowest BCUT2D eigenvalue weighted by molar-refractivity contribution is 0.266. The van der Waals surface area contributed by atoms with Crippen molar-refractivity contribution in [2.75, 3.05) is 19.0 Å². The zero-order valence-electron chi connectivity index (χ0n) is 11.5. The van der Waals surface area contributed by atoms with Crippen molar-refractivity contribution in [1.82, 2.24) is 4.98 Å². The molecule has 106 valence electrons. The van der Waals surface area contributed by atoms with E-state index in [1.807, 2.05) is 44.3 Å². The number of halogens is 1. The molecule has 2 aromatic rings. The Morgan fingerprint density at radius 2 is 1.80 bits per heavy atom. The molecule has 0 atom stereocenters. The van der Waals surface area contributed by atoms with E-state index in [9.17, 15) is 0 Å². The summed E-state index contributed by atoms with van der Waals surface area (Å²) >= 11 is 6.12. The van der Waals surface area contributed by atoms with Crippen molar-refractivity contribution in [2.45, 2.75) is 13.5 Å². The van der Waals surface area contributed by atoms with Gasteiger partial charge in [0.15, 0.2) is 11.5 Å². The number of ether oxygens (including phenoxy) is 2. The predicted molar refractivity (Wildman–Crippen MR) is 80.7 cm³/mol. The minimum atomic E-state index is 0.290. The lowest BCUT2D eigenvalue weighted by atomic mass is 10.3. The van der Waals surface area contributed by atoms with Gasteiger partial charge < -0.3 is 14.8 Å². The number of benzene rings is 1. The molecular formula is C15H17ClN2O2. The molecule has 2 rings (SSSR count). The summed E-state index contributed by atoms with van der Waals surface area (Å²) in [4.78, 5) is 4.37. The fourth-order valence-electron chi connectivity index (χ4n) is 1.72. The molecule has 20 heavy (non-hydrogen) atoms. The molecule has 1 heterocycles. The third-order valence-electron chi connectivity index (χ3n) is 2.69. The maximum Gasteiger partial charge on any atom is 0.161 e. The van der Waals surface area contributed by atoms with E-state index in [4.69, 9.17) is 21.1 Å². The molecule has 0 aliphatic carbocycles. The number of para-hydroxylation sites is 2. The summed E-state index contributed by atoms with van der Waals surface area (Å²) in [7, 11) is 1.81. The summed E-state index contributed by atoms with van der Waals surface area (Å²) in [5, 5.41) is 3.56. The third kappa shape index (κ3) is 3.54. The largest absolute Gasteiger partial charge is 0.490 e. The molecule has 0 saturated carbocycles. The number of aromatic nitrogens is 1. The van der Waals surface area contributed by atoms with E-state index < -0.39 is 0 Å². The van der Waals surface area contributed by atoms with Gasteiger partial charge in [-0.05, 0) is 31.2 Å². The Morgan fingerprint density at radius 3 is 2.45 bits per heavy atom. The average molecular weight is 293 g/mol. The van der Waals surface area contributed by atoms with E-state index in [1.54, 1.807) is 6.07 Å². The highest BCUT2D eigenvalue weighted by Crippen LogP contribution is 2.28. The van der Waals surface area contributed by atoms with Gasteiger partial charge in [-0.3, -0.25) is 0 Å². The first-order chi connectivity index (χ1) is 9.74. The second kappa shape index (κ2) is 7.01. The first kappa shape index (κ1) is 14.5. The van der Waals surface area contributed by atoms with Crippen molar-refractivity contribution in [3.8, 4) is 11.5 Å². The first-order valence-corrected chi connectivity index (χ1v) is 6.80. The Hall–Kier alpha value is -1.94. The molecule has 0 bridgehead atoms. The summed E-state index contributed by atoms with van der Waals surface area (Å²) in [6, 6.07) is 11.2. The van der Waals surface area contributed by atoms with Crippen LogP contribution in [0.2, 0.25) is 5.02 Å². The number of anilines is 1. The highest BCUT2D eigenvalue weighted by molar-refractivity contribution is 6.31. The van der Waals surface area contributed by atoms with Gasteiger partial charge in [-0.1, -0.05) is 23.7 Å². The molecule has 0 amide bonds. The monoisotopic (exact) mass is 292 g/mol. The average Bonchev–Trinajstić information content (AvgIpc) is 2.48. The molecule has 0 aliphatic heterocycles. The van der Waals surface area contributed by atoms with Gasteiger partial charge >= 0.3 is 0 Å². The smallest absolute Gasteiger partial charge is 0.161 e. The summed E-state index contributed by atoms with van der Waals surface area (Å²) in [6.07, 6.45) is 0. The Morgan fingerprint density at radius 1 is 1.10 bits per heavy atom. The Kier molecular flexibility index (Phi) is 5.07. The van der Waals surface area contributed by atoms with Gasteiger partial charge in [0.25, 0.3) is 0 Å². The normalized spacial score (nSPS) is 10.2. The van der Waals surface area contributed by atoms with Gasteiger partial charge in [0.2, 0.25) is 0 Å². The van der Waals surface area contributed by atoms with Gasteiger partial charge in [0.1, 0.15) is 12.4 Å². The second-order valence-electron chi connectivity index (χ2n) is 4.04. The Balaban J connectivity index is 2.12. The number of nitrogens with zero attached hydrogens (tertiary/aromatic N) is 1. The number of hydrogen-bond acceptors (Lipinski definition) is 4. The van der Waals surface area contributed by atoms with Crippen LogP contribution in [0.5, 0.6) is 11.5 Å². The van der Waals surface area contributed by atoms with E-state index in [-0.39, 0.29) is 0 Å². The van der Waals surface area contributed by atoms with Crippen LogP contribution in [0.25, 0.3) is 0 Å². The molecule has 1 N–H and O–H groups in total. The van der Waals surface area contributed by atoms with Gasteiger partial charge in [-0.25, -0.2) is 4.98 Å². The lowest BCUT2D eigenvalue weighted by Crippen LogP contribution is -2.03. The SMILES string of the molecule is CCOc1ccccc1OCc1nc(NC)ccc1Cl. The highest BCUT2D eigenvalue weighted by Gasteiger charge is 2.08. The number of hydrogen-bond donors (Lipinski definition) is 1. The van der Waals surface area contributed by atoms with Crippen molar-refractivity contribution in [1.29, 1.82) is 0 Å². The lowest BCUT2D eigenvalue weighted by Gasteiger charge is -2.12. The summed E-state index contributed by atoms with van der Waals surface area (Å²) in [5.74, 6) is 2.16. The zero-order chi connectivity index (χ0) is 14.4. The molecule has 0 aliphatic rings. The van der Waals surface area contributed by atoms with Crippen LogP contribution in [0.15, 0.2) is 36.4 Å². The van der Waals surface area contributed by atoms with Crippen molar-refractivity contribution in [2.24, 2.45) is 0 Å². The summed E-state index contributed by atoms with van der Waals surface area (Å²) in [6.45, 7) is 2.82. The van der Waals surface area contributed by atoms with Crippen LogP contribution in [0.3, 0.4) is 0 Å². The van der Waals surface area contributed by atoms with Gasteiger partial charge in [-0.2, -0.15) is 0 Å². The predicted octanol–water partition coefficient (Wildman–Crippen LogP) is 3.75. The van der Waals surface area contributed by atoms with Crippen LogP contribution >= 0.6 is 11.6 Å². The molecule has 1 aromatic heterocycles. The topological polar surface area (TPSA) is 43.4 Å². The molecule has 0 fully saturated rings. The van der Waals surface area contributed by atoms with Gasteiger partial charge in [-0.15, -0.1) is 0 Å². The van der Waals surface area contributed by atoms with Gasteiger partial charge in [0, 0.05) is 7.05 Å². The van der Waals surface area contributed by atoms with Crippen molar-refractivity contribution in [3.05, 3.63) is 47.1 Å². The standard InChI is InChI=1S/C15H17ClN2O2/c1-3-19-13-6-4-5-7-14(13)20-10-12-11(16)8-9-15(17-2)18-12/h4-9H,3,10H2,1-2H3,(H,17,18). The van der Waals surface area contributed by atoms with Crippen LogP contribution in [0.1, 0.15) is 12.6 Å². The Labute approximate surface area is 123 Å². The molecule has 5 heteroatoms. The van der Waals surface area contributed by atoms with Gasteiger partial charge in [0.05, 0.1) is 17.3 Å². The van der Waals surface area contributed by atoms with Crippen LogP contribution < -0.4 is 14.8 Å². The molecule has 0 spiro atoms. The van der Waals surface area contributed by atoms with E-state index >= 15 is 0 Å².